The molecule has 0 aliphatic rings. The average Bonchev–Trinajstić information content (AvgIpc) is 2.33. The molecule has 0 aromatic carbocycles. The minimum absolute atomic E-state index is 0.178. The number of hydrogen-bond donors (Lipinski definition) is 2. The largest absolute Gasteiger partial charge is 0.476 e. The number of nitrogens with one attached hydrogen (secondary N) is 1. The summed E-state index contributed by atoms with van der Waals surface area (Å²) in [6.07, 6.45) is 2.55. The maximum Gasteiger partial charge on any atom is 0.239 e. The highest BCUT2D eigenvalue weighted by atomic mass is 32.2. The van der Waals surface area contributed by atoms with Gasteiger partial charge in [0, 0.05) is 28.9 Å². The molecule has 0 aliphatic heterocycles. The summed E-state index contributed by atoms with van der Waals surface area (Å²) >= 11 is 0. The minimum Gasteiger partial charge on any atom is -0.476 e. The standard InChI is InChI=1S/C12H21N3O2S/c1-4-17-12-10(13)5-6-11(15-12)14-8-7-9(2)18(3)16/h5-6,9H,4,7-8,13H2,1-3H3,(H,14,15). The van der Waals surface area contributed by atoms with Crippen molar-refractivity contribution in [1.82, 2.24) is 4.98 Å². The first-order chi connectivity index (χ1) is 8.54. The van der Waals surface area contributed by atoms with Crippen LogP contribution in [0.25, 0.3) is 0 Å². The lowest BCUT2D eigenvalue weighted by atomic mass is 10.3. The van der Waals surface area contributed by atoms with Crippen molar-refractivity contribution in [2.24, 2.45) is 0 Å². The molecule has 102 valence electrons. The molecule has 0 saturated carbocycles. The summed E-state index contributed by atoms with van der Waals surface area (Å²) in [4.78, 5) is 4.27. The van der Waals surface area contributed by atoms with Gasteiger partial charge in [0.1, 0.15) is 5.82 Å². The molecule has 1 rings (SSSR count). The number of nitrogens with zero attached hydrogens (tertiary/aromatic N) is 1. The van der Waals surface area contributed by atoms with Gasteiger partial charge >= 0.3 is 0 Å². The Morgan fingerprint density at radius 3 is 2.89 bits per heavy atom. The van der Waals surface area contributed by atoms with Gasteiger partial charge in [-0.3, -0.25) is 4.21 Å². The fourth-order valence-corrected chi connectivity index (χ4v) is 1.82. The first-order valence-electron chi connectivity index (χ1n) is 6.00. The summed E-state index contributed by atoms with van der Waals surface area (Å²) < 4.78 is 16.5. The van der Waals surface area contributed by atoms with Crippen molar-refractivity contribution in [3.8, 4) is 5.88 Å². The fourth-order valence-electron chi connectivity index (χ4n) is 1.37. The van der Waals surface area contributed by atoms with Crippen LogP contribution in [0.3, 0.4) is 0 Å². The second-order valence-corrected chi connectivity index (χ2v) is 5.85. The predicted octanol–water partition coefficient (Wildman–Crippen LogP) is 1.63. The highest BCUT2D eigenvalue weighted by Gasteiger charge is 2.07. The average molecular weight is 271 g/mol. The minimum atomic E-state index is -0.784. The summed E-state index contributed by atoms with van der Waals surface area (Å²) in [5, 5.41) is 3.35. The van der Waals surface area contributed by atoms with Gasteiger partial charge in [-0.2, -0.15) is 4.98 Å². The van der Waals surface area contributed by atoms with Gasteiger partial charge in [0.05, 0.1) is 12.3 Å². The Morgan fingerprint density at radius 2 is 2.28 bits per heavy atom. The predicted molar refractivity (Wildman–Crippen MR) is 76.5 cm³/mol. The van der Waals surface area contributed by atoms with E-state index >= 15 is 0 Å². The number of nitrogens with two attached hydrogens (primary N) is 1. The van der Waals surface area contributed by atoms with E-state index in [9.17, 15) is 4.21 Å². The van der Waals surface area contributed by atoms with E-state index in [1.807, 2.05) is 19.9 Å². The number of hydrogen-bond acceptors (Lipinski definition) is 5. The van der Waals surface area contributed by atoms with Crippen molar-refractivity contribution in [3.63, 3.8) is 0 Å². The van der Waals surface area contributed by atoms with E-state index in [1.54, 1.807) is 12.3 Å². The second kappa shape index (κ2) is 7.20. The van der Waals surface area contributed by atoms with Gasteiger partial charge in [-0.15, -0.1) is 0 Å². The zero-order chi connectivity index (χ0) is 13.5. The number of anilines is 2. The van der Waals surface area contributed by atoms with E-state index in [1.165, 1.54) is 0 Å². The zero-order valence-corrected chi connectivity index (χ0v) is 11.9. The van der Waals surface area contributed by atoms with Gasteiger partial charge in [0.25, 0.3) is 0 Å². The Bertz CT molecular complexity index is 412. The molecule has 1 heterocycles. The molecule has 6 heteroatoms. The maximum atomic E-state index is 11.2. The van der Waals surface area contributed by atoms with Crippen LogP contribution >= 0.6 is 0 Å². The lowest BCUT2D eigenvalue weighted by Gasteiger charge is -2.11. The molecule has 2 unspecified atom stereocenters. The maximum absolute atomic E-state index is 11.2. The van der Waals surface area contributed by atoms with Crippen molar-refractivity contribution < 1.29 is 8.95 Å². The molecule has 0 aliphatic carbocycles. The molecule has 0 fully saturated rings. The molecule has 18 heavy (non-hydrogen) atoms. The van der Waals surface area contributed by atoms with Crippen LogP contribution in [0.5, 0.6) is 5.88 Å². The molecule has 0 spiro atoms. The number of nitrogen functional groups attached to an aromatic ring is 1. The van der Waals surface area contributed by atoms with Crippen LogP contribution in [0.1, 0.15) is 20.3 Å². The van der Waals surface area contributed by atoms with Crippen molar-refractivity contribution in [2.75, 3.05) is 30.5 Å². The Balaban J connectivity index is 2.52. The SMILES string of the molecule is CCOc1nc(NCCC(C)S(C)=O)ccc1N. The molecule has 0 amide bonds. The van der Waals surface area contributed by atoms with Crippen molar-refractivity contribution in [1.29, 1.82) is 0 Å². The lowest BCUT2D eigenvalue weighted by molar-refractivity contribution is 0.329. The topological polar surface area (TPSA) is 77.2 Å². The Kier molecular flexibility index (Phi) is 5.91. The van der Waals surface area contributed by atoms with E-state index < -0.39 is 10.8 Å². The molecule has 0 saturated heterocycles. The van der Waals surface area contributed by atoms with Crippen molar-refractivity contribution in [3.05, 3.63) is 12.1 Å². The molecule has 3 N–H and O–H groups in total. The highest BCUT2D eigenvalue weighted by Crippen LogP contribution is 2.20. The molecular formula is C12H21N3O2S. The first kappa shape index (κ1) is 14.8. The van der Waals surface area contributed by atoms with Crippen LogP contribution in [0.15, 0.2) is 12.1 Å². The highest BCUT2D eigenvalue weighted by molar-refractivity contribution is 7.84. The van der Waals surface area contributed by atoms with Gasteiger partial charge < -0.3 is 15.8 Å². The van der Waals surface area contributed by atoms with E-state index in [2.05, 4.69) is 10.3 Å². The van der Waals surface area contributed by atoms with E-state index in [0.29, 0.717) is 18.2 Å². The number of pyridine rings is 1. The van der Waals surface area contributed by atoms with E-state index in [4.69, 9.17) is 10.5 Å². The van der Waals surface area contributed by atoms with E-state index in [-0.39, 0.29) is 5.25 Å². The van der Waals surface area contributed by atoms with Crippen LogP contribution < -0.4 is 15.8 Å². The van der Waals surface area contributed by atoms with Gasteiger partial charge in [0.15, 0.2) is 0 Å². The number of aromatic nitrogens is 1. The Hall–Kier alpha value is -1.30. The van der Waals surface area contributed by atoms with Crippen LogP contribution in [-0.2, 0) is 10.8 Å². The molecule has 2 atom stereocenters. The normalized spacial score (nSPS) is 13.9. The van der Waals surface area contributed by atoms with Gasteiger partial charge in [-0.25, -0.2) is 0 Å². The zero-order valence-electron chi connectivity index (χ0n) is 11.1. The van der Waals surface area contributed by atoms with Crippen LogP contribution in [-0.4, -0.2) is 33.9 Å². The third kappa shape index (κ3) is 4.52. The second-order valence-electron chi connectivity index (χ2n) is 4.05. The van der Waals surface area contributed by atoms with Gasteiger partial charge in [0.2, 0.25) is 5.88 Å². The number of ether oxygens (including phenoxy) is 1. The fraction of sp³-hybridized carbons (Fsp3) is 0.583. The summed E-state index contributed by atoms with van der Waals surface area (Å²) in [5.74, 6) is 1.18. The monoisotopic (exact) mass is 271 g/mol. The Labute approximate surface area is 111 Å². The van der Waals surface area contributed by atoms with Crippen LogP contribution in [0.4, 0.5) is 11.5 Å². The van der Waals surface area contributed by atoms with E-state index in [0.717, 1.165) is 18.8 Å². The van der Waals surface area contributed by atoms with Crippen molar-refractivity contribution in [2.45, 2.75) is 25.5 Å². The van der Waals surface area contributed by atoms with Gasteiger partial charge in [-0.05, 0) is 25.5 Å². The lowest BCUT2D eigenvalue weighted by Crippen LogP contribution is -2.15. The summed E-state index contributed by atoms with van der Waals surface area (Å²) in [5.41, 5.74) is 6.27. The third-order valence-corrected chi connectivity index (χ3v) is 3.96. The number of rotatable bonds is 7. The quantitative estimate of drug-likeness (QED) is 0.788. The van der Waals surface area contributed by atoms with Crippen LogP contribution in [0.2, 0.25) is 0 Å². The van der Waals surface area contributed by atoms with Gasteiger partial charge in [-0.1, -0.05) is 6.92 Å². The molecule has 1 aromatic heterocycles. The van der Waals surface area contributed by atoms with Crippen molar-refractivity contribution >= 4 is 22.3 Å². The first-order valence-corrected chi connectivity index (χ1v) is 7.62. The Morgan fingerprint density at radius 1 is 1.56 bits per heavy atom. The smallest absolute Gasteiger partial charge is 0.239 e. The summed E-state index contributed by atoms with van der Waals surface area (Å²) in [6, 6.07) is 3.58. The molecule has 5 nitrogen and oxygen atoms in total. The molecule has 1 aromatic rings. The third-order valence-electron chi connectivity index (χ3n) is 2.59. The molecule has 0 radical (unpaired) electrons. The summed E-state index contributed by atoms with van der Waals surface area (Å²) in [6.45, 7) is 5.12. The molecular weight excluding hydrogens is 250 g/mol. The molecule has 0 bridgehead atoms. The summed E-state index contributed by atoms with van der Waals surface area (Å²) in [7, 11) is -0.784. The van der Waals surface area contributed by atoms with Crippen LogP contribution in [0, 0.1) is 0 Å².